The Labute approximate surface area is 206 Å². The van der Waals surface area contributed by atoms with Crippen LogP contribution in [-0.2, 0) is 19.1 Å². The Bertz CT molecular complexity index is 1050. The second-order valence-electron chi connectivity index (χ2n) is 8.00. The zero-order valence-electron chi connectivity index (χ0n) is 18.4. The molecule has 0 saturated heterocycles. The van der Waals surface area contributed by atoms with Gasteiger partial charge in [-0.25, -0.2) is 30.0 Å². The number of hydrogen-bond acceptors (Lipinski definition) is 14. The van der Waals surface area contributed by atoms with Crippen LogP contribution in [0.25, 0.3) is 0 Å². The van der Waals surface area contributed by atoms with E-state index in [0.717, 1.165) is 0 Å². The van der Waals surface area contributed by atoms with E-state index in [1.54, 1.807) is 13.8 Å². The lowest BCUT2D eigenvalue weighted by Gasteiger charge is -2.25. The molecule has 34 heavy (non-hydrogen) atoms. The number of esters is 2. The van der Waals surface area contributed by atoms with Gasteiger partial charge in [0, 0.05) is 12.8 Å². The summed E-state index contributed by atoms with van der Waals surface area (Å²) in [4.78, 5) is 55.8. The zero-order chi connectivity index (χ0) is 24.3. The molecule has 4 unspecified atom stereocenters. The lowest BCUT2D eigenvalue weighted by Crippen LogP contribution is -2.32. The van der Waals surface area contributed by atoms with Crippen molar-refractivity contribution in [2.24, 2.45) is 51.8 Å². The van der Waals surface area contributed by atoms with E-state index in [0.29, 0.717) is 23.1 Å². The van der Waals surface area contributed by atoms with Crippen LogP contribution in [0, 0.1) is 11.8 Å². The van der Waals surface area contributed by atoms with Crippen LogP contribution in [0.15, 0.2) is 39.9 Å². The van der Waals surface area contributed by atoms with Crippen LogP contribution in [-0.4, -0.2) is 83.3 Å². The van der Waals surface area contributed by atoms with E-state index in [-0.39, 0.29) is 26.1 Å². The van der Waals surface area contributed by atoms with E-state index >= 15 is 0 Å². The molecule has 0 spiro atoms. The zero-order valence-corrected chi connectivity index (χ0v) is 20.2. The summed E-state index contributed by atoms with van der Waals surface area (Å²) in [6.07, 6.45) is 6.26. The van der Waals surface area contributed by atoms with Crippen molar-refractivity contribution in [3.63, 3.8) is 0 Å². The number of aliphatic imine (C=N–C) groups is 8. The topological polar surface area (TPSA) is 151 Å². The van der Waals surface area contributed by atoms with Crippen LogP contribution < -0.4 is 0 Å². The molecule has 4 heterocycles. The first-order chi connectivity index (χ1) is 16.2. The Morgan fingerprint density at radius 1 is 0.824 bits per heavy atom. The Kier molecular flexibility index (Phi) is 6.89. The van der Waals surface area contributed by atoms with E-state index in [1.807, 2.05) is 0 Å². The molecule has 0 bridgehead atoms. The van der Waals surface area contributed by atoms with Crippen molar-refractivity contribution in [2.75, 3.05) is 13.2 Å². The molecule has 4 atom stereocenters. The Hall–Kier alpha value is -3.00. The van der Waals surface area contributed by atoms with Crippen LogP contribution in [0.2, 0.25) is 0 Å². The molecule has 0 amide bonds. The van der Waals surface area contributed by atoms with Gasteiger partial charge >= 0.3 is 11.9 Å². The summed E-state index contributed by atoms with van der Waals surface area (Å²) >= 11 is 8.95. The van der Waals surface area contributed by atoms with Gasteiger partial charge in [0.05, 0.1) is 24.3 Å². The third-order valence-electron chi connectivity index (χ3n) is 5.11. The van der Waals surface area contributed by atoms with Crippen LogP contribution >= 0.6 is 25.3 Å². The predicted octanol–water partition coefficient (Wildman–Crippen LogP) is 1.22. The third-order valence-corrected chi connectivity index (χ3v) is 5.90. The number of nitrogens with zero attached hydrogens (tertiary/aromatic N) is 8. The Morgan fingerprint density at radius 2 is 1.24 bits per heavy atom. The molecule has 0 aromatic carbocycles. The first-order valence-corrected chi connectivity index (χ1v) is 11.4. The molecule has 0 aliphatic carbocycles. The van der Waals surface area contributed by atoms with Gasteiger partial charge < -0.3 is 9.47 Å². The monoisotopic (exact) mass is 502 g/mol. The molecular weight excluding hydrogens is 480 g/mol. The van der Waals surface area contributed by atoms with Crippen molar-refractivity contribution in [2.45, 2.75) is 36.7 Å². The van der Waals surface area contributed by atoms with Gasteiger partial charge in [0.2, 0.25) is 0 Å². The van der Waals surface area contributed by atoms with Crippen molar-refractivity contribution >= 4 is 85.4 Å². The smallest absolute Gasteiger partial charge is 0.308 e. The van der Waals surface area contributed by atoms with Crippen LogP contribution in [0.4, 0.5) is 0 Å². The van der Waals surface area contributed by atoms with Crippen molar-refractivity contribution in [1.82, 2.24) is 0 Å². The molecule has 12 nitrogen and oxygen atoms in total. The fourth-order valence-corrected chi connectivity index (χ4v) is 4.23. The molecule has 4 rings (SSSR count). The van der Waals surface area contributed by atoms with Crippen LogP contribution in [0.1, 0.15) is 26.7 Å². The molecule has 0 fully saturated rings. The average molecular weight is 503 g/mol. The van der Waals surface area contributed by atoms with Crippen molar-refractivity contribution in [3.05, 3.63) is 0 Å². The SMILES string of the molecule is CC(CC1(S)N=CC2=NC=NC2=N1)C(=O)OCCOC(=O)C(C)CC1(S)N=CC2=NC=NC2=N1. The average Bonchev–Trinajstić information content (AvgIpc) is 3.43. The summed E-state index contributed by atoms with van der Waals surface area (Å²) in [5.41, 5.74) is 1.13. The largest absolute Gasteiger partial charge is 0.462 e. The number of amidine groups is 2. The summed E-state index contributed by atoms with van der Waals surface area (Å²) in [7, 11) is 0. The highest BCUT2D eigenvalue weighted by Gasteiger charge is 2.35. The third kappa shape index (κ3) is 5.55. The summed E-state index contributed by atoms with van der Waals surface area (Å²) in [5.74, 6) is -1.17. The number of hydrogen-bond donors (Lipinski definition) is 2. The highest BCUT2D eigenvalue weighted by atomic mass is 32.1. The molecular formula is C20H22N8O4S2. The molecule has 0 N–H and O–H groups in total. The fraction of sp³-hybridized carbons (Fsp3) is 0.500. The number of rotatable bonds is 9. The molecule has 0 aromatic rings. The number of carbonyl (C=O) groups is 2. The quantitative estimate of drug-likeness (QED) is 0.277. The summed E-state index contributed by atoms with van der Waals surface area (Å²) in [5, 5.41) is 0. The van der Waals surface area contributed by atoms with Gasteiger partial charge in [-0.15, -0.1) is 25.3 Å². The second-order valence-corrected chi connectivity index (χ2v) is 9.43. The maximum atomic E-state index is 12.3. The van der Waals surface area contributed by atoms with E-state index in [2.05, 4.69) is 65.2 Å². The molecule has 0 aromatic heterocycles. The first kappa shape index (κ1) is 24.1. The summed E-state index contributed by atoms with van der Waals surface area (Å²) in [6, 6.07) is 0. The molecule has 0 radical (unpaired) electrons. The van der Waals surface area contributed by atoms with E-state index in [1.165, 1.54) is 25.1 Å². The van der Waals surface area contributed by atoms with Crippen LogP contribution in [0.3, 0.4) is 0 Å². The standard InChI is InChI=1S/C20H22N8O4S2/c1-11(5-19(33)25-7-13-15(27-19)23-9-21-13)17(29)31-3-4-32-18(30)12(2)6-20(34)26-8-14-16(28-20)24-10-22-14/h7-12,33-34H,3-6H2,1-2H3. The maximum Gasteiger partial charge on any atom is 0.308 e. The first-order valence-electron chi connectivity index (χ1n) is 10.5. The highest BCUT2D eigenvalue weighted by molar-refractivity contribution is 7.82. The molecule has 4 aliphatic heterocycles. The van der Waals surface area contributed by atoms with Gasteiger partial charge in [-0.05, 0) is 0 Å². The van der Waals surface area contributed by atoms with Gasteiger partial charge in [0.25, 0.3) is 0 Å². The predicted molar refractivity (Wildman–Crippen MR) is 137 cm³/mol. The van der Waals surface area contributed by atoms with Crippen LogP contribution in [0.5, 0.6) is 0 Å². The number of fused-ring (bicyclic) bond motifs is 2. The molecule has 4 aliphatic rings. The maximum absolute atomic E-state index is 12.3. The van der Waals surface area contributed by atoms with Gasteiger partial charge in [0.15, 0.2) is 21.7 Å². The highest BCUT2D eigenvalue weighted by Crippen LogP contribution is 2.31. The van der Waals surface area contributed by atoms with Gasteiger partial charge in [-0.3, -0.25) is 19.6 Å². The lowest BCUT2D eigenvalue weighted by molar-refractivity contribution is -0.157. The number of thiol groups is 2. The minimum atomic E-state index is -1.12. The minimum Gasteiger partial charge on any atom is -0.462 e. The number of ether oxygens (including phenoxy) is 2. The van der Waals surface area contributed by atoms with Gasteiger partial charge in [-0.2, -0.15) is 0 Å². The normalized spacial score (nSPS) is 27.8. The van der Waals surface area contributed by atoms with Gasteiger partial charge in [0.1, 0.15) is 37.3 Å². The minimum absolute atomic E-state index is 0.0822. The Morgan fingerprint density at radius 3 is 1.65 bits per heavy atom. The Balaban J connectivity index is 1.18. The summed E-state index contributed by atoms with van der Waals surface area (Å²) in [6.45, 7) is 3.21. The van der Waals surface area contributed by atoms with E-state index < -0.39 is 33.8 Å². The van der Waals surface area contributed by atoms with E-state index in [4.69, 9.17) is 9.47 Å². The molecule has 0 saturated carbocycles. The van der Waals surface area contributed by atoms with Crippen molar-refractivity contribution in [3.8, 4) is 0 Å². The lowest BCUT2D eigenvalue weighted by atomic mass is 10.1. The van der Waals surface area contributed by atoms with Crippen molar-refractivity contribution < 1.29 is 19.1 Å². The van der Waals surface area contributed by atoms with Gasteiger partial charge in [-0.1, -0.05) is 13.8 Å². The molecule has 178 valence electrons. The summed E-state index contributed by atoms with van der Waals surface area (Å²) < 4.78 is 10.5. The fourth-order valence-electron chi connectivity index (χ4n) is 3.37. The van der Waals surface area contributed by atoms with Crippen molar-refractivity contribution in [1.29, 1.82) is 0 Å². The van der Waals surface area contributed by atoms with E-state index in [9.17, 15) is 9.59 Å². The second kappa shape index (κ2) is 9.70. The number of carbonyl (C=O) groups excluding carboxylic acids is 2. The molecule has 14 heteroatoms.